The number of hydrogen-bond acceptors (Lipinski definition) is 1. The van der Waals surface area contributed by atoms with Crippen molar-refractivity contribution in [3.63, 3.8) is 0 Å². The van der Waals surface area contributed by atoms with E-state index < -0.39 is 40.9 Å². The Kier molecular flexibility index (Phi) is 3.65. The van der Waals surface area contributed by atoms with Gasteiger partial charge in [0, 0.05) is 11.5 Å². The van der Waals surface area contributed by atoms with Crippen molar-refractivity contribution in [3.8, 4) is 5.69 Å². The maximum absolute atomic E-state index is 14.2. The lowest BCUT2D eigenvalue weighted by Crippen LogP contribution is -2.43. The summed E-state index contributed by atoms with van der Waals surface area (Å²) in [6.07, 6.45) is -0.302. The molecule has 0 spiro atoms. The van der Waals surface area contributed by atoms with Crippen LogP contribution < -0.4 is 4.57 Å². The van der Waals surface area contributed by atoms with Gasteiger partial charge in [0.05, 0.1) is 6.04 Å². The molecule has 0 saturated heterocycles. The molecule has 0 bridgehead atoms. The van der Waals surface area contributed by atoms with Crippen molar-refractivity contribution in [1.29, 1.82) is 0 Å². The highest BCUT2D eigenvalue weighted by Gasteiger charge is 2.46. The molecule has 0 radical (unpaired) electrons. The third-order valence-electron chi connectivity index (χ3n) is 4.17. The van der Waals surface area contributed by atoms with Crippen LogP contribution in [0.2, 0.25) is 0 Å². The summed E-state index contributed by atoms with van der Waals surface area (Å²) in [5, 5.41) is 3.71. The Balaban J connectivity index is 2.20. The Bertz CT molecular complexity index is 795. The van der Waals surface area contributed by atoms with E-state index in [9.17, 15) is 26.3 Å². The average Bonchev–Trinajstić information content (AvgIpc) is 3.03. The minimum atomic E-state index is -2.25. The normalized spacial score (nSPS) is 20.5. The molecule has 0 unspecified atom stereocenters. The van der Waals surface area contributed by atoms with Crippen molar-refractivity contribution in [3.05, 3.63) is 41.2 Å². The molecule has 1 aromatic heterocycles. The quantitative estimate of drug-likeness (QED) is 0.331. The zero-order valence-corrected chi connectivity index (χ0v) is 13.0. The average molecular weight is 350 g/mol. The van der Waals surface area contributed by atoms with Gasteiger partial charge in [0.15, 0.2) is 6.17 Å². The van der Waals surface area contributed by atoms with Crippen molar-refractivity contribution in [2.45, 2.75) is 39.4 Å². The van der Waals surface area contributed by atoms with Gasteiger partial charge in [0.2, 0.25) is 41.1 Å². The first-order valence-electron chi connectivity index (χ1n) is 7.20. The van der Waals surface area contributed by atoms with Gasteiger partial charge in [-0.25, -0.2) is 22.1 Å². The molecule has 0 saturated carbocycles. The van der Waals surface area contributed by atoms with Gasteiger partial charge in [0.25, 0.3) is 0 Å². The van der Waals surface area contributed by atoms with Gasteiger partial charge in [-0.05, 0) is 5.41 Å². The summed E-state index contributed by atoms with van der Waals surface area (Å²) in [7, 11) is 0. The van der Waals surface area contributed by atoms with E-state index in [1.165, 1.54) is 4.57 Å². The lowest BCUT2D eigenvalue weighted by Gasteiger charge is -2.24. The van der Waals surface area contributed by atoms with Crippen molar-refractivity contribution in [1.82, 2.24) is 9.78 Å². The number of benzene rings is 1. The molecule has 3 nitrogen and oxygen atoms in total. The zero-order chi connectivity index (χ0) is 18.0. The van der Waals surface area contributed by atoms with E-state index >= 15 is 0 Å². The van der Waals surface area contributed by atoms with E-state index in [1.807, 2.05) is 20.8 Å². The van der Waals surface area contributed by atoms with E-state index in [0.29, 0.717) is 4.68 Å². The number of nitrogens with zero attached hydrogens (tertiary/aromatic N) is 3. The van der Waals surface area contributed by atoms with Gasteiger partial charge < -0.3 is 0 Å². The molecule has 2 heterocycles. The van der Waals surface area contributed by atoms with Crippen LogP contribution in [0.1, 0.15) is 45.2 Å². The van der Waals surface area contributed by atoms with E-state index in [4.69, 9.17) is 0 Å². The monoisotopic (exact) mass is 350 g/mol. The predicted octanol–water partition coefficient (Wildman–Crippen LogP) is 3.86. The predicted molar refractivity (Wildman–Crippen MR) is 70.5 cm³/mol. The van der Waals surface area contributed by atoms with Crippen LogP contribution in [0.4, 0.5) is 26.3 Å². The second kappa shape index (κ2) is 5.22. The fourth-order valence-electron chi connectivity index (χ4n) is 2.92. The minimum Gasteiger partial charge on any atom is -0.235 e. The highest BCUT2D eigenvalue weighted by molar-refractivity contribution is 5.36. The summed E-state index contributed by atoms with van der Waals surface area (Å²) in [5.74, 6) is -10.6. The molecule has 9 heteroatoms. The van der Waals surface area contributed by atoms with E-state index in [2.05, 4.69) is 5.10 Å². The molecule has 0 amide bonds. The largest absolute Gasteiger partial charge is 0.312 e. The molecule has 2 atom stereocenters. The van der Waals surface area contributed by atoms with Crippen LogP contribution in [-0.2, 0) is 0 Å². The molecule has 1 aliphatic heterocycles. The maximum atomic E-state index is 14.2. The maximum Gasteiger partial charge on any atom is 0.312 e. The molecule has 130 valence electrons. The first kappa shape index (κ1) is 16.8. The zero-order valence-electron chi connectivity index (χ0n) is 13.0. The van der Waals surface area contributed by atoms with Gasteiger partial charge in [-0.3, -0.25) is 0 Å². The molecule has 0 aliphatic carbocycles. The van der Waals surface area contributed by atoms with Crippen LogP contribution in [0.25, 0.3) is 5.69 Å². The SMILES string of the molecule is CC(C)(C)[C@H]1C[C@H](F)c2nn(-c3c(F)c(F)c(F)c(F)c3F)c[n+]21. The standard InChI is InChI=1S/C15H14F6N3/c1-15(2,3)7-4-6(16)14-22-24(5-23(7)14)13-11(20)9(18)8(17)10(19)12(13)21/h5-7H,4H2,1-3H3/q+1/t6-,7+/m0/s1. The Morgan fingerprint density at radius 3 is 2.00 bits per heavy atom. The van der Waals surface area contributed by atoms with Crippen LogP contribution in [0.3, 0.4) is 0 Å². The van der Waals surface area contributed by atoms with Gasteiger partial charge in [-0.15, -0.1) is 0 Å². The number of fused-ring (bicyclic) bond motifs is 1. The molecule has 0 fully saturated rings. The first-order valence-corrected chi connectivity index (χ1v) is 7.20. The molecule has 2 aromatic rings. The van der Waals surface area contributed by atoms with Gasteiger partial charge in [-0.2, -0.15) is 8.78 Å². The van der Waals surface area contributed by atoms with Crippen LogP contribution in [-0.4, -0.2) is 9.78 Å². The Morgan fingerprint density at radius 1 is 1.00 bits per heavy atom. The summed E-state index contributed by atoms with van der Waals surface area (Å²) >= 11 is 0. The number of hydrogen-bond donors (Lipinski definition) is 0. The lowest BCUT2D eigenvalue weighted by atomic mass is 9.85. The van der Waals surface area contributed by atoms with Crippen LogP contribution >= 0.6 is 0 Å². The van der Waals surface area contributed by atoms with Crippen LogP contribution in [0.5, 0.6) is 0 Å². The molecule has 24 heavy (non-hydrogen) atoms. The molecule has 0 N–H and O–H groups in total. The number of rotatable bonds is 1. The Morgan fingerprint density at radius 2 is 1.50 bits per heavy atom. The summed E-state index contributed by atoms with van der Waals surface area (Å²) in [6, 6.07) is -0.363. The third-order valence-corrected chi connectivity index (χ3v) is 4.17. The van der Waals surface area contributed by atoms with Crippen molar-refractivity contribution >= 4 is 0 Å². The van der Waals surface area contributed by atoms with E-state index in [1.54, 1.807) is 0 Å². The minimum absolute atomic E-state index is 0.112. The van der Waals surface area contributed by atoms with E-state index in [0.717, 1.165) is 6.33 Å². The molecule has 1 aliphatic rings. The van der Waals surface area contributed by atoms with Gasteiger partial charge >= 0.3 is 5.82 Å². The first-order chi connectivity index (χ1) is 11.0. The summed E-state index contributed by atoms with van der Waals surface area (Å²) < 4.78 is 83.7. The Labute approximate surface area is 133 Å². The Hall–Kier alpha value is -2.06. The van der Waals surface area contributed by atoms with Crippen LogP contribution in [0.15, 0.2) is 6.33 Å². The fourth-order valence-corrected chi connectivity index (χ4v) is 2.92. The fraction of sp³-hybridized carbons (Fsp3) is 0.467. The molecule has 3 rings (SSSR count). The summed E-state index contributed by atoms with van der Waals surface area (Å²) in [6.45, 7) is 5.55. The number of alkyl halides is 1. The second-order valence-corrected chi connectivity index (χ2v) is 6.83. The van der Waals surface area contributed by atoms with Crippen molar-refractivity contribution in [2.24, 2.45) is 5.41 Å². The lowest BCUT2D eigenvalue weighted by molar-refractivity contribution is -0.729. The highest BCUT2D eigenvalue weighted by Crippen LogP contribution is 2.40. The molecular formula is C15H14F6N3+. The van der Waals surface area contributed by atoms with Crippen molar-refractivity contribution < 1.29 is 30.9 Å². The van der Waals surface area contributed by atoms with Crippen LogP contribution in [0, 0.1) is 34.5 Å². The topological polar surface area (TPSA) is 21.7 Å². The third kappa shape index (κ3) is 2.29. The smallest absolute Gasteiger partial charge is 0.235 e. The summed E-state index contributed by atoms with van der Waals surface area (Å²) in [5.41, 5.74) is -1.61. The number of aromatic nitrogens is 3. The molecular weight excluding hydrogens is 336 g/mol. The van der Waals surface area contributed by atoms with Gasteiger partial charge in [-0.1, -0.05) is 25.5 Å². The summed E-state index contributed by atoms with van der Waals surface area (Å²) in [4.78, 5) is 0. The molecule has 1 aromatic carbocycles. The van der Waals surface area contributed by atoms with E-state index in [-0.39, 0.29) is 23.7 Å². The number of halogens is 6. The van der Waals surface area contributed by atoms with Gasteiger partial charge in [0.1, 0.15) is 0 Å². The second-order valence-electron chi connectivity index (χ2n) is 6.83. The van der Waals surface area contributed by atoms with Crippen molar-refractivity contribution in [2.75, 3.05) is 0 Å². The highest BCUT2D eigenvalue weighted by atomic mass is 19.2.